The molecule has 1 saturated heterocycles. The lowest BCUT2D eigenvalue weighted by molar-refractivity contribution is -0.107. The minimum atomic E-state index is -0.349. The van der Waals surface area contributed by atoms with Gasteiger partial charge in [0, 0.05) is 38.7 Å². The van der Waals surface area contributed by atoms with Crippen molar-refractivity contribution < 1.29 is 34.0 Å². The molecule has 0 aliphatic carbocycles. The number of ether oxygens (including phenoxy) is 3. The Morgan fingerprint density at radius 3 is 2.41 bits per heavy atom. The van der Waals surface area contributed by atoms with Gasteiger partial charge in [0.05, 0.1) is 39.1 Å². The van der Waals surface area contributed by atoms with Gasteiger partial charge in [-0.25, -0.2) is 0 Å². The van der Waals surface area contributed by atoms with Gasteiger partial charge in [-0.2, -0.15) is 0 Å². The predicted molar refractivity (Wildman–Crippen MR) is 123 cm³/mol. The van der Waals surface area contributed by atoms with Crippen LogP contribution < -0.4 is 4.74 Å². The molecule has 1 aliphatic heterocycles. The molecule has 8 nitrogen and oxygen atoms in total. The third kappa shape index (κ3) is 8.35. The summed E-state index contributed by atoms with van der Waals surface area (Å²) >= 11 is 0. The molecule has 0 saturated carbocycles. The molecule has 32 heavy (non-hydrogen) atoms. The molecular formula is C24H37NO7. The number of methoxy groups -OCH3 is 2. The minimum absolute atomic E-state index is 0.0924. The van der Waals surface area contributed by atoms with Gasteiger partial charge < -0.3 is 29.2 Å². The van der Waals surface area contributed by atoms with E-state index in [2.05, 4.69) is 4.90 Å². The fourth-order valence-electron chi connectivity index (χ4n) is 3.48. The first-order valence-corrected chi connectivity index (χ1v) is 10.8. The number of aldehydes is 2. The number of aliphatic hydroxyl groups excluding tert-OH is 1. The Kier molecular flexibility index (Phi) is 13.5. The maximum atomic E-state index is 11.2. The molecular weight excluding hydrogens is 414 g/mol. The van der Waals surface area contributed by atoms with E-state index in [1.54, 1.807) is 14.0 Å². The molecule has 2 rings (SSSR count). The van der Waals surface area contributed by atoms with Gasteiger partial charge in [0.25, 0.3) is 0 Å². The Morgan fingerprint density at radius 2 is 1.88 bits per heavy atom. The molecule has 8 heteroatoms. The lowest BCUT2D eigenvalue weighted by atomic mass is 9.94. The van der Waals surface area contributed by atoms with E-state index in [1.807, 2.05) is 13.0 Å². The molecule has 180 valence electrons. The van der Waals surface area contributed by atoms with Crippen LogP contribution in [0.2, 0.25) is 0 Å². The van der Waals surface area contributed by atoms with Crippen LogP contribution in [-0.2, 0) is 27.3 Å². The van der Waals surface area contributed by atoms with Crippen LogP contribution in [0.15, 0.2) is 11.6 Å². The number of rotatable bonds is 11. The van der Waals surface area contributed by atoms with E-state index in [4.69, 9.17) is 14.2 Å². The average Bonchev–Trinajstić information content (AvgIpc) is 2.82. The Morgan fingerprint density at radius 1 is 1.19 bits per heavy atom. The highest BCUT2D eigenvalue weighted by Gasteiger charge is 2.21. The second-order valence-electron chi connectivity index (χ2n) is 7.56. The number of nitrogens with zero attached hydrogens (tertiary/aromatic N) is 1. The molecule has 0 spiro atoms. The number of carbonyl (C=O) groups is 2. The first-order valence-electron chi connectivity index (χ1n) is 10.8. The molecule has 0 amide bonds. The van der Waals surface area contributed by atoms with Crippen molar-refractivity contribution in [3.8, 4) is 11.5 Å². The van der Waals surface area contributed by atoms with Gasteiger partial charge in [0.1, 0.15) is 17.8 Å². The van der Waals surface area contributed by atoms with Gasteiger partial charge in [0.2, 0.25) is 0 Å². The van der Waals surface area contributed by atoms with Crippen molar-refractivity contribution in [3.05, 3.63) is 33.9 Å². The quantitative estimate of drug-likeness (QED) is 0.390. The molecule has 0 unspecified atom stereocenters. The molecule has 2 N–H and O–H groups in total. The monoisotopic (exact) mass is 451 g/mol. The van der Waals surface area contributed by atoms with E-state index in [0.717, 1.165) is 51.3 Å². The van der Waals surface area contributed by atoms with Crippen LogP contribution in [0.4, 0.5) is 0 Å². The van der Waals surface area contributed by atoms with E-state index < -0.39 is 0 Å². The highest BCUT2D eigenvalue weighted by Crippen LogP contribution is 2.38. The van der Waals surface area contributed by atoms with Gasteiger partial charge in [-0.15, -0.1) is 0 Å². The molecule has 1 aromatic carbocycles. The second kappa shape index (κ2) is 15.5. The summed E-state index contributed by atoms with van der Waals surface area (Å²) in [4.78, 5) is 24.0. The average molecular weight is 452 g/mol. The van der Waals surface area contributed by atoms with E-state index in [1.165, 1.54) is 7.11 Å². The van der Waals surface area contributed by atoms with Gasteiger partial charge in [-0.3, -0.25) is 9.69 Å². The van der Waals surface area contributed by atoms with Gasteiger partial charge in [-0.1, -0.05) is 11.6 Å². The summed E-state index contributed by atoms with van der Waals surface area (Å²) in [5.74, 6) is 0.299. The van der Waals surface area contributed by atoms with Gasteiger partial charge >= 0.3 is 0 Å². The van der Waals surface area contributed by atoms with E-state index in [9.17, 15) is 19.8 Å². The number of benzene rings is 1. The first-order chi connectivity index (χ1) is 15.4. The van der Waals surface area contributed by atoms with Crippen molar-refractivity contribution in [1.82, 2.24) is 4.90 Å². The largest absolute Gasteiger partial charge is 0.507 e. The summed E-state index contributed by atoms with van der Waals surface area (Å²) < 4.78 is 15.5. The molecule has 1 aliphatic rings. The molecule has 1 heterocycles. The number of phenolic OH excluding ortho intramolecular Hbond substituents is 1. The summed E-state index contributed by atoms with van der Waals surface area (Å²) in [5, 5.41) is 19.7. The first kappa shape index (κ1) is 27.8. The van der Waals surface area contributed by atoms with Crippen LogP contribution in [-0.4, -0.2) is 81.4 Å². The fraction of sp³-hybridized carbons (Fsp3) is 0.583. The molecule has 1 aromatic rings. The number of aromatic hydroxyl groups is 1. The third-order valence-corrected chi connectivity index (χ3v) is 5.44. The summed E-state index contributed by atoms with van der Waals surface area (Å²) in [6.45, 7) is 9.05. The maximum Gasteiger partial charge on any atom is 0.154 e. The van der Waals surface area contributed by atoms with E-state index in [0.29, 0.717) is 48.0 Å². The van der Waals surface area contributed by atoms with Crippen LogP contribution in [0.3, 0.4) is 0 Å². The minimum Gasteiger partial charge on any atom is -0.507 e. The lowest BCUT2D eigenvalue weighted by Crippen LogP contribution is -2.38. The summed E-state index contributed by atoms with van der Waals surface area (Å²) in [6, 6.07) is 0. The number of aliphatic hydroxyl groups is 1. The topological polar surface area (TPSA) is 106 Å². The Hall–Kier alpha value is -2.26. The summed E-state index contributed by atoms with van der Waals surface area (Å²) in [7, 11) is 3.22. The summed E-state index contributed by atoms with van der Waals surface area (Å²) in [5.41, 5.74) is 2.62. The Balaban J connectivity index is 0.000000425. The Bertz CT molecular complexity index is 755. The zero-order valence-corrected chi connectivity index (χ0v) is 19.7. The normalized spacial score (nSPS) is 14.5. The number of allylic oxidation sites excluding steroid dienone is 2. The standard InChI is InChI=1S/C17H22O5.C7H15NO2/c1-11(5-4-8-18)6-7-13-16(21)15(10-20)14(9-19)12(2)17(13)22-3;1-9-5-2-8-3-6-10-7-4-8/h6,8,10,19,21H,4-5,7,9H2,1-3H3;2-7H2,1H3/b11-6+;. The van der Waals surface area contributed by atoms with Crippen LogP contribution >= 0.6 is 0 Å². The number of phenols is 1. The highest BCUT2D eigenvalue weighted by atomic mass is 16.5. The summed E-state index contributed by atoms with van der Waals surface area (Å²) in [6.07, 6.45) is 4.79. The van der Waals surface area contributed by atoms with Crippen molar-refractivity contribution >= 4 is 12.6 Å². The van der Waals surface area contributed by atoms with Crippen LogP contribution in [0.1, 0.15) is 46.8 Å². The van der Waals surface area contributed by atoms with Crippen LogP contribution in [0.5, 0.6) is 11.5 Å². The fourth-order valence-corrected chi connectivity index (χ4v) is 3.48. The van der Waals surface area contributed by atoms with Gasteiger partial charge in [-0.05, 0) is 37.8 Å². The Labute approximate surface area is 190 Å². The van der Waals surface area contributed by atoms with Crippen molar-refractivity contribution in [2.75, 3.05) is 53.7 Å². The van der Waals surface area contributed by atoms with Crippen molar-refractivity contribution in [3.63, 3.8) is 0 Å². The third-order valence-electron chi connectivity index (χ3n) is 5.44. The highest BCUT2D eigenvalue weighted by molar-refractivity contribution is 5.84. The van der Waals surface area contributed by atoms with Crippen molar-refractivity contribution in [2.24, 2.45) is 0 Å². The van der Waals surface area contributed by atoms with Crippen LogP contribution in [0, 0.1) is 6.92 Å². The molecule has 0 radical (unpaired) electrons. The number of morpholine rings is 1. The number of hydrogen-bond donors (Lipinski definition) is 2. The number of hydrogen-bond acceptors (Lipinski definition) is 8. The zero-order chi connectivity index (χ0) is 23.9. The van der Waals surface area contributed by atoms with Crippen LogP contribution in [0.25, 0.3) is 0 Å². The molecule has 0 bridgehead atoms. The molecule has 1 fully saturated rings. The number of carbonyl (C=O) groups excluding carboxylic acids is 2. The maximum absolute atomic E-state index is 11.2. The van der Waals surface area contributed by atoms with E-state index >= 15 is 0 Å². The predicted octanol–water partition coefficient (Wildman–Crippen LogP) is 2.45. The van der Waals surface area contributed by atoms with Crippen molar-refractivity contribution in [2.45, 2.75) is 39.7 Å². The SMILES string of the molecule is COCCN1CCOCC1.COc1c(C)c(CO)c(C=O)c(O)c1C/C=C(\C)CCC=O. The van der Waals surface area contributed by atoms with Gasteiger partial charge in [0.15, 0.2) is 6.29 Å². The van der Waals surface area contributed by atoms with E-state index in [-0.39, 0.29) is 17.9 Å². The smallest absolute Gasteiger partial charge is 0.154 e. The second-order valence-corrected chi connectivity index (χ2v) is 7.56. The van der Waals surface area contributed by atoms with Crippen molar-refractivity contribution in [1.29, 1.82) is 0 Å². The molecule has 0 aromatic heterocycles. The zero-order valence-electron chi connectivity index (χ0n) is 19.7. The lowest BCUT2D eigenvalue weighted by Gasteiger charge is -2.25. The molecule has 0 atom stereocenters.